The SMILES string of the molecule is Cl.N[C@H](CCCO)c1cccc(Br)c1F. The molecule has 0 aliphatic carbocycles. The predicted molar refractivity (Wildman–Crippen MR) is 64.6 cm³/mol. The normalized spacial score (nSPS) is 12.0. The Balaban J connectivity index is 0.00000196. The number of halogens is 3. The molecule has 2 nitrogen and oxygen atoms in total. The molecule has 0 aliphatic heterocycles. The average molecular weight is 299 g/mol. The topological polar surface area (TPSA) is 46.2 Å². The summed E-state index contributed by atoms with van der Waals surface area (Å²) >= 11 is 3.10. The number of nitrogens with two attached hydrogens (primary N) is 1. The Kier molecular flexibility index (Phi) is 7.09. The van der Waals surface area contributed by atoms with Crippen LogP contribution >= 0.6 is 28.3 Å². The van der Waals surface area contributed by atoms with Gasteiger partial charge in [-0.3, -0.25) is 0 Å². The fraction of sp³-hybridized carbons (Fsp3) is 0.400. The molecular formula is C10H14BrClFNO. The molecule has 86 valence electrons. The minimum Gasteiger partial charge on any atom is -0.396 e. The third kappa shape index (κ3) is 4.07. The highest BCUT2D eigenvalue weighted by Crippen LogP contribution is 2.24. The Morgan fingerprint density at radius 2 is 2.13 bits per heavy atom. The lowest BCUT2D eigenvalue weighted by Crippen LogP contribution is -2.12. The van der Waals surface area contributed by atoms with Gasteiger partial charge in [0.05, 0.1) is 4.47 Å². The van der Waals surface area contributed by atoms with E-state index < -0.39 is 0 Å². The zero-order valence-electron chi connectivity index (χ0n) is 8.12. The molecule has 3 N–H and O–H groups in total. The van der Waals surface area contributed by atoms with Crippen molar-refractivity contribution in [1.82, 2.24) is 0 Å². The second-order valence-corrected chi connectivity index (χ2v) is 3.97. The summed E-state index contributed by atoms with van der Waals surface area (Å²) in [7, 11) is 0. The van der Waals surface area contributed by atoms with Crippen molar-refractivity contribution in [2.75, 3.05) is 6.61 Å². The maximum Gasteiger partial charge on any atom is 0.142 e. The summed E-state index contributed by atoms with van der Waals surface area (Å²) in [4.78, 5) is 0. The van der Waals surface area contributed by atoms with E-state index in [1.165, 1.54) is 0 Å². The predicted octanol–water partition coefficient (Wildman–Crippen LogP) is 2.78. The molecule has 0 bridgehead atoms. The van der Waals surface area contributed by atoms with Crippen molar-refractivity contribution in [2.45, 2.75) is 18.9 Å². The highest BCUT2D eigenvalue weighted by atomic mass is 79.9. The van der Waals surface area contributed by atoms with Gasteiger partial charge in [0, 0.05) is 18.2 Å². The number of hydrogen-bond donors (Lipinski definition) is 2. The van der Waals surface area contributed by atoms with Gasteiger partial charge in [0.15, 0.2) is 0 Å². The van der Waals surface area contributed by atoms with Gasteiger partial charge in [0.25, 0.3) is 0 Å². The van der Waals surface area contributed by atoms with Crippen LogP contribution < -0.4 is 5.73 Å². The van der Waals surface area contributed by atoms with Crippen molar-refractivity contribution in [2.24, 2.45) is 5.73 Å². The lowest BCUT2D eigenvalue weighted by molar-refractivity contribution is 0.279. The van der Waals surface area contributed by atoms with E-state index in [-0.39, 0.29) is 30.9 Å². The molecule has 0 heterocycles. The van der Waals surface area contributed by atoms with E-state index in [1.807, 2.05) is 0 Å². The molecule has 0 aromatic heterocycles. The van der Waals surface area contributed by atoms with Gasteiger partial charge in [-0.2, -0.15) is 0 Å². The second kappa shape index (κ2) is 7.17. The Morgan fingerprint density at radius 3 is 2.73 bits per heavy atom. The molecule has 0 spiro atoms. The summed E-state index contributed by atoms with van der Waals surface area (Å²) in [5, 5.41) is 8.63. The van der Waals surface area contributed by atoms with Gasteiger partial charge in [-0.1, -0.05) is 12.1 Å². The Labute approximate surface area is 103 Å². The first-order chi connectivity index (χ1) is 6.66. The molecule has 5 heteroatoms. The summed E-state index contributed by atoms with van der Waals surface area (Å²) < 4.78 is 13.9. The Bertz CT molecular complexity index is 311. The van der Waals surface area contributed by atoms with Crippen LogP contribution in [0.2, 0.25) is 0 Å². The number of hydrogen-bond acceptors (Lipinski definition) is 2. The minimum atomic E-state index is -0.348. The molecular weight excluding hydrogens is 284 g/mol. The maximum absolute atomic E-state index is 13.5. The van der Waals surface area contributed by atoms with Gasteiger partial charge < -0.3 is 10.8 Å². The molecule has 1 aromatic rings. The molecule has 0 radical (unpaired) electrons. The van der Waals surface area contributed by atoms with Crippen LogP contribution in [0.15, 0.2) is 22.7 Å². The molecule has 0 amide bonds. The monoisotopic (exact) mass is 297 g/mol. The van der Waals surface area contributed by atoms with Crippen molar-refractivity contribution >= 4 is 28.3 Å². The third-order valence-corrected chi connectivity index (χ3v) is 2.67. The molecule has 0 saturated carbocycles. The molecule has 15 heavy (non-hydrogen) atoms. The summed E-state index contributed by atoms with van der Waals surface area (Å²) in [6, 6.07) is 4.71. The Hall–Kier alpha value is -0.160. The van der Waals surface area contributed by atoms with Crippen LogP contribution in [0.3, 0.4) is 0 Å². The first-order valence-corrected chi connectivity index (χ1v) is 5.26. The summed E-state index contributed by atoms with van der Waals surface area (Å²) in [6.07, 6.45) is 1.18. The molecule has 0 aliphatic rings. The van der Waals surface area contributed by atoms with Gasteiger partial charge in [0.1, 0.15) is 5.82 Å². The average Bonchev–Trinajstić information content (AvgIpc) is 2.18. The fourth-order valence-corrected chi connectivity index (χ4v) is 1.66. The first-order valence-electron chi connectivity index (χ1n) is 4.47. The smallest absolute Gasteiger partial charge is 0.142 e. The maximum atomic E-state index is 13.5. The van der Waals surface area contributed by atoms with Crippen molar-refractivity contribution in [3.63, 3.8) is 0 Å². The van der Waals surface area contributed by atoms with E-state index in [0.29, 0.717) is 22.9 Å². The highest BCUT2D eigenvalue weighted by Gasteiger charge is 2.12. The van der Waals surface area contributed by atoms with Crippen LogP contribution in [0.5, 0.6) is 0 Å². The van der Waals surface area contributed by atoms with E-state index in [2.05, 4.69) is 15.9 Å². The molecule has 1 aromatic carbocycles. The lowest BCUT2D eigenvalue weighted by atomic mass is 10.0. The number of aliphatic hydroxyl groups is 1. The van der Waals surface area contributed by atoms with Crippen molar-refractivity contribution < 1.29 is 9.50 Å². The molecule has 1 rings (SSSR count). The second-order valence-electron chi connectivity index (χ2n) is 3.12. The number of benzene rings is 1. The standard InChI is InChI=1S/C10H13BrFNO.ClH/c11-8-4-1-3-7(10(8)12)9(13)5-2-6-14;/h1,3-4,9,14H,2,5-6,13H2;1H/t9-;/m1./s1. The van der Waals surface area contributed by atoms with Crippen molar-refractivity contribution in [3.05, 3.63) is 34.1 Å². The quantitative estimate of drug-likeness (QED) is 0.898. The van der Waals surface area contributed by atoms with Crippen molar-refractivity contribution in [3.8, 4) is 0 Å². The third-order valence-electron chi connectivity index (χ3n) is 2.05. The van der Waals surface area contributed by atoms with Crippen LogP contribution in [-0.2, 0) is 0 Å². The van der Waals surface area contributed by atoms with Crippen LogP contribution in [0.1, 0.15) is 24.4 Å². The molecule has 1 atom stereocenters. The van der Waals surface area contributed by atoms with E-state index in [1.54, 1.807) is 18.2 Å². The van der Waals surface area contributed by atoms with Crippen LogP contribution in [0.25, 0.3) is 0 Å². The largest absolute Gasteiger partial charge is 0.396 e. The van der Waals surface area contributed by atoms with Gasteiger partial charge in [-0.05, 0) is 34.8 Å². The minimum absolute atomic E-state index is 0. The van der Waals surface area contributed by atoms with Crippen LogP contribution in [-0.4, -0.2) is 11.7 Å². The summed E-state index contributed by atoms with van der Waals surface area (Å²) in [5.41, 5.74) is 6.27. The van der Waals surface area contributed by atoms with Crippen LogP contribution in [0, 0.1) is 5.82 Å². The van der Waals surface area contributed by atoms with Gasteiger partial charge in [-0.15, -0.1) is 12.4 Å². The van der Waals surface area contributed by atoms with E-state index >= 15 is 0 Å². The number of rotatable bonds is 4. The summed E-state index contributed by atoms with van der Waals surface area (Å²) in [5.74, 6) is -0.307. The van der Waals surface area contributed by atoms with Crippen LogP contribution in [0.4, 0.5) is 4.39 Å². The Morgan fingerprint density at radius 1 is 1.47 bits per heavy atom. The van der Waals surface area contributed by atoms with E-state index in [9.17, 15) is 4.39 Å². The lowest BCUT2D eigenvalue weighted by Gasteiger charge is -2.12. The molecule has 0 fully saturated rings. The zero-order chi connectivity index (χ0) is 10.6. The zero-order valence-corrected chi connectivity index (χ0v) is 10.5. The molecule has 0 unspecified atom stereocenters. The first kappa shape index (κ1) is 14.8. The molecule has 0 saturated heterocycles. The van der Waals surface area contributed by atoms with E-state index in [0.717, 1.165) is 0 Å². The summed E-state index contributed by atoms with van der Waals surface area (Å²) in [6.45, 7) is 0.0866. The van der Waals surface area contributed by atoms with Crippen molar-refractivity contribution in [1.29, 1.82) is 0 Å². The van der Waals surface area contributed by atoms with Gasteiger partial charge in [0.2, 0.25) is 0 Å². The number of aliphatic hydroxyl groups excluding tert-OH is 1. The van der Waals surface area contributed by atoms with E-state index in [4.69, 9.17) is 10.8 Å². The van der Waals surface area contributed by atoms with Gasteiger partial charge >= 0.3 is 0 Å². The van der Waals surface area contributed by atoms with Gasteiger partial charge in [-0.25, -0.2) is 4.39 Å². The highest BCUT2D eigenvalue weighted by molar-refractivity contribution is 9.10. The fourth-order valence-electron chi connectivity index (χ4n) is 1.27.